The standard InChI is InChI=1S/C26H30ClF3N4O4/c1-31-23(35)19-6-7-21(33-22(19)27)34-10-8-15(9-11-34)20-12-16(20)14-32-24(36)25(37,26(28,29)30)17-4-3-5-18(13-17)38-2/h3-7,13,15-16,20,37H,8-12,14H2,1-2H3,(H,31,35)(H,32,36)/t16-,20+,25+/m0/s1. The summed E-state index contributed by atoms with van der Waals surface area (Å²) in [5.41, 5.74) is -3.98. The maximum atomic E-state index is 13.9. The molecule has 8 nitrogen and oxygen atoms in total. The van der Waals surface area contributed by atoms with Gasteiger partial charge >= 0.3 is 6.18 Å². The fourth-order valence-corrected chi connectivity index (χ4v) is 5.40. The number of aromatic nitrogens is 1. The maximum Gasteiger partial charge on any atom is 0.430 e. The zero-order valence-electron chi connectivity index (χ0n) is 21.0. The second-order valence-electron chi connectivity index (χ2n) is 9.72. The lowest BCUT2D eigenvalue weighted by Crippen LogP contribution is -2.54. The second-order valence-corrected chi connectivity index (χ2v) is 10.1. The van der Waals surface area contributed by atoms with Crippen LogP contribution < -0.4 is 20.3 Å². The van der Waals surface area contributed by atoms with Crippen molar-refractivity contribution in [1.82, 2.24) is 15.6 Å². The van der Waals surface area contributed by atoms with Crippen molar-refractivity contribution in [3.63, 3.8) is 0 Å². The number of amides is 2. The molecule has 0 unspecified atom stereocenters. The number of carbonyl (C=O) groups excluding carboxylic acids is 2. The first-order valence-corrected chi connectivity index (χ1v) is 12.7. The van der Waals surface area contributed by atoms with E-state index in [1.165, 1.54) is 26.3 Å². The summed E-state index contributed by atoms with van der Waals surface area (Å²) in [6.45, 7) is 1.52. The first-order valence-electron chi connectivity index (χ1n) is 12.3. The minimum atomic E-state index is -5.21. The molecule has 2 fully saturated rings. The molecule has 2 heterocycles. The summed E-state index contributed by atoms with van der Waals surface area (Å²) in [5.74, 6) is -0.304. The number of hydrogen-bond donors (Lipinski definition) is 3. The number of halogens is 4. The third kappa shape index (κ3) is 5.54. The lowest BCUT2D eigenvalue weighted by atomic mass is 9.90. The molecule has 1 aliphatic carbocycles. The summed E-state index contributed by atoms with van der Waals surface area (Å²) < 4.78 is 46.6. The van der Waals surface area contributed by atoms with Crippen molar-refractivity contribution in [2.24, 2.45) is 17.8 Å². The molecule has 0 spiro atoms. The molecule has 1 saturated heterocycles. The number of carbonyl (C=O) groups is 2. The normalized spacial score (nSPS) is 21.4. The fourth-order valence-electron chi connectivity index (χ4n) is 5.17. The molecular weight excluding hydrogens is 525 g/mol. The van der Waals surface area contributed by atoms with Gasteiger partial charge in [0, 0.05) is 32.2 Å². The highest BCUT2D eigenvalue weighted by Gasteiger charge is 2.61. The Balaban J connectivity index is 1.31. The zero-order valence-corrected chi connectivity index (χ0v) is 21.8. The summed E-state index contributed by atoms with van der Waals surface area (Å²) in [4.78, 5) is 30.9. The molecule has 1 aromatic carbocycles. The molecule has 3 atom stereocenters. The van der Waals surface area contributed by atoms with E-state index in [4.69, 9.17) is 16.3 Å². The van der Waals surface area contributed by atoms with Gasteiger partial charge in [-0.25, -0.2) is 4.98 Å². The van der Waals surface area contributed by atoms with Crippen LogP contribution in [0.25, 0.3) is 0 Å². The van der Waals surface area contributed by atoms with Crippen LogP contribution in [0.2, 0.25) is 5.15 Å². The molecule has 1 saturated carbocycles. The van der Waals surface area contributed by atoms with Crippen molar-refractivity contribution in [3.8, 4) is 5.75 Å². The van der Waals surface area contributed by atoms with Crippen LogP contribution in [0.4, 0.5) is 19.0 Å². The number of pyridine rings is 1. The molecule has 2 aromatic rings. The van der Waals surface area contributed by atoms with Crippen molar-refractivity contribution in [3.05, 3.63) is 52.7 Å². The average molecular weight is 555 g/mol. The average Bonchev–Trinajstić information content (AvgIpc) is 3.70. The number of piperidine rings is 1. The van der Waals surface area contributed by atoms with Crippen molar-refractivity contribution in [1.29, 1.82) is 0 Å². The highest BCUT2D eigenvalue weighted by atomic mass is 35.5. The van der Waals surface area contributed by atoms with E-state index in [0.717, 1.165) is 44.5 Å². The Morgan fingerprint density at radius 2 is 1.92 bits per heavy atom. The highest BCUT2D eigenvalue weighted by molar-refractivity contribution is 6.32. The van der Waals surface area contributed by atoms with Crippen LogP contribution >= 0.6 is 11.6 Å². The van der Waals surface area contributed by atoms with E-state index in [9.17, 15) is 27.9 Å². The van der Waals surface area contributed by atoms with Crippen molar-refractivity contribution in [2.75, 3.05) is 38.7 Å². The number of ether oxygens (including phenoxy) is 1. The number of benzene rings is 1. The monoisotopic (exact) mass is 554 g/mol. The van der Waals surface area contributed by atoms with E-state index in [1.807, 2.05) is 0 Å². The minimum absolute atomic E-state index is 0.0534. The number of alkyl halides is 3. The van der Waals surface area contributed by atoms with E-state index >= 15 is 0 Å². The minimum Gasteiger partial charge on any atom is -0.497 e. The van der Waals surface area contributed by atoms with Crippen LogP contribution in [0, 0.1) is 17.8 Å². The van der Waals surface area contributed by atoms with Crippen LogP contribution in [-0.4, -0.2) is 61.9 Å². The van der Waals surface area contributed by atoms with Gasteiger partial charge in [-0.15, -0.1) is 0 Å². The molecule has 0 bridgehead atoms. The van der Waals surface area contributed by atoms with E-state index in [0.29, 0.717) is 23.2 Å². The molecule has 12 heteroatoms. The van der Waals surface area contributed by atoms with Gasteiger partial charge in [-0.3, -0.25) is 9.59 Å². The van der Waals surface area contributed by atoms with Gasteiger partial charge in [-0.05, 0) is 61.3 Å². The van der Waals surface area contributed by atoms with Crippen molar-refractivity contribution >= 4 is 29.2 Å². The summed E-state index contributed by atoms with van der Waals surface area (Å²) in [7, 11) is 2.81. The van der Waals surface area contributed by atoms with Crippen LogP contribution in [0.1, 0.15) is 35.2 Å². The highest BCUT2D eigenvalue weighted by Crippen LogP contribution is 2.48. The molecule has 206 valence electrons. The van der Waals surface area contributed by atoms with E-state index in [-0.39, 0.29) is 29.3 Å². The molecule has 0 radical (unpaired) electrons. The van der Waals surface area contributed by atoms with E-state index in [2.05, 4.69) is 20.5 Å². The Morgan fingerprint density at radius 3 is 2.53 bits per heavy atom. The van der Waals surface area contributed by atoms with Crippen LogP contribution in [0.15, 0.2) is 36.4 Å². The van der Waals surface area contributed by atoms with Crippen molar-refractivity contribution < 1.29 is 32.6 Å². The predicted molar refractivity (Wildman–Crippen MR) is 135 cm³/mol. The summed E-state index contributed by atoms with van der Waals surface area (Å²) in [5, 5.41) is 15.5. The number of rotatable bonds is 8. The number of nitrogens with zero attached hydrogens (tertiary/aromatic N) is 2. The van der Waals surface area contributed by atoms with Gasteiger partial charge < -0.3 is 25.4 Å². The predicted octanol–water partition coefficient (Wildman–Crippen LogP) is 3.52. The largest absolute Gasteiger partial charge is 0.497 e. The summed E-state index contributed by atoms with van der Waals surface area (Å²) >= 11 is 6.18. The summed E-state index contributed by atoms with van der Waals surface area (Å²) in [6.07, 6.45) is -2.68. The smallest absolute Gasteiger partial charge is 0.430 e. The molecule has 38 heavy (non-hydrogen) atoms. The van der Waals surface area contributed by atoms with Gasteiger partial charge in [0.1, 0.15) is 16.7 Å². The third-order valence-electron chi connectivity index (χ3n) is 7.50. The van der Waals surface area contributed by atoms with Crippen LogP contribution in [0.5, 0.6) is 5.75 Å². The number of nitrogens with one attached hydrogen (secondary N) is 2. The Kier molecular flexibility index (Phi) is 8.08. The topological polar surface area (TPSA) is 104 Å². The SMILES string of the molecule is CNC(=O)c1ccc(N2CCC([C@H]3C[C@H]3CNC(=O)[C@](O)(c3cccc(OC)c3)C(F)(F)F)CC2)nc1Cl. The van der Waals surface area contributed by atoms with Crippen molar-refractivity contribution in [2.45, 2.75) is 31.0 Å². The molecule has 1 aliphatic heterocycles. The molecule has 3 N–H and O–H groups in total. The first kappa shape index (κ1) is 28.0. The number of anilines is 1. The molecule has 1 aromatic heterocycles. The Morgan fingerprint density at radius 1 is 1.21 bits per heavy atom. The van der Waals surface area contributed by atoms with Gasteiger partial charge in [-0.2, -0.15) is 13.2 Å². The van der Waals surface area contributed by atoms with Gasteiger partial charge in [0.25, 0.3) is 17.4 Å². The van der Waals surface area contributed by atoms with Crippen LogP contribution in [-0.2, 0) is 10.4 Å². The first-order chi connectivity index (χ1) is 18.0. The summed E-state index contributed by atoms with van der Waals surface area (Å²) in [6, 6.07) is 8.19. The molecular formula is C26H30ClF3N4O4. The number of hydrogen-bond acceptors (Lipinski definition) is 6. The van der Waals surface area contributed by atoms with Gasteiger partial charge in [0.15, 0.2) is 0 Å². The van der Waals surface area contributed by atoms with Gasteiger partial charge in [0.05, 0.1) is 12.7 Å². The fraction of sp³-hybridized carbons (Fsp3) is 0.500. The Bertz CT molecular complexity index is 1190. The second kappa shape index (κ2) is 11.0. The lowest BCUT2D eigenvalue weighted by Gasteiger charge is -2.33. The van der Waals surface area contributed by atoms with Gasteiger partial charge in [-0.1, -0.05) is 23.7 Å². The maximum absolute atomic E-state index is 13.9. The number of aliphatic hydroxyl groups is 1. The quantitative estimate of drug-likeness (QED) is 0.432. The zero-order chi connectivity index (χ0) is 27.7. The van der Waals surface area contributed by atoms with E-state index in [1.54, 1.807) is 12.1 Å². The molecule has 2 aliphatic rings. The number of methoxy groups -OCH3 is 1. The molecule has 2 amide bonds. The Hall–Kier alpha value is -3.05. The molecule has 4 rings (SSSR count). The van der Waals surface area contributed by atoms with Gasteiger partial charge in [0.2, 0.25) is 0 Å². The third-order valence-corrected chi connectivity index (χ3v) is 7.79. The lowest BCUT2D eigenvalue weighted by molar-refractivity contribution is -0.257. The van der Waals surface area contributed by atoms with Crippen LogP contribution in [0.3, 0.4) is 0 Å². The van der Waals surface area contributed by atoms with E-state index < -0.39 is 23.2 Å². The Labute approximate surface area is 223 Å².